The number of aromatic nitrogens is 1. The van der Waals surface area contributed by atoms with Crippen LogP contribution in [0.2, 0.25) is 0 Å². The van der Waals surface area contributed by atoms with Gasteiger partial charge in [-0.05, 0) is 103 Å². The third kappa shape index (κ3) is 4.14. The summed E-state index contributed by atoms with van der Waals surface area (Å²) in [6, 6.07) is 53.7. The molecule has 2 aliphatic carbocycles. The molecule has 7 aromatic carbocycles. The highest BCUT2D eigenvalue weighted by molar-refractivity contribution is 6.90. The van der Waals surface area contributed by atoms with E-state index in [4.69, 9.17) is 0 Å². The van der Waals surface area contributed by atoms with Gasteiger partial charge in [0.25, 0.3) is 0 Å². The van der Waals surface area contributed by atoms with Crippen LogP contribution in [0.25, 0.3) is 55.5 Å². The largest absolute Gasteiger partial charge is 0.375 e. The lowest BCUT2D eigenvalue weighted by Crippen LogP contribution is -2.57. The smallest absolute Gasteiger partial charge is 0.333 e. The first kappa shape index (κ1) is 34.0. The summed E-state index contributed by atoms with van der Waals surface area (Å²) in [4.78, 5) is 2.65. The molecular formula is C55H47BN2. The van der Waals surface area contributed by atoms with E-state index in [0.29, 0.717) is 0 Å². The van der Waals surface area contributed by atoms with Crippen LogP contribution >= 0.6 is 0 Å². The van der Waals surface area contributed by atoms with E-state index in [-0.39, 0.29) is 23.1 Å². The van der Waals surface area contributed by atoms with Gasteiger partial charge in [-0.25, -0.2) is 0 Å². The van der Waals surface area contributed by atoms with Crippen molar-refractivity contribution < 1.29 is 0 Å². The molecule has 2 aliphatic heterocycles. The Morgan fingerprint density at radius 2 is 1.19 bits per heavy atom. The van der Waals surface area contributed by atoms with Gasteiger partial charge in [-0.2, -0.15) is 0 Å². The number of para-hydroxylation sites is 1. The third-order valence-electron chi connectivity index (χ3n) is 14.3. The van der Waals surface area contributed by atoms with Gasteiger partial charge in [-0.15, -0.1) is 0 Å². The lowest BCUT2D eigenvalue weighted by molar-refractivity contribution is 0.590. The van der Waals surface area contributed by atoms with E-state index >= 15 is 0 Å². The summed E-state index contributed by atoms with van der Waals surface area (Å²) < 4.78 is 2.81. The van der Waals surface area contributed by atoms with Gasteiger partial charge in [-0.3, -0.25) is 0 Å². The lowest BCUT2D eigenvalue weighted by Gasteiger charge is -2.43. The molecule has 0 saturated carbocycles. The minimum absolute atomic E-state index is 0.000468. The van der Waals surface area contributed by atoms with Crippen LogP contribution in [0.15, 0.2) is 140 Å². The molecule has 0 bridgehead atoms. The van der Waals surface area contributed by atoms with Crippen molar-refractivity contribution in [2.24, 2.45) is 0 Å². The number of anilines is 3. The van der Waals surface area contributed by atoms with Gasteiger partial charge in [0.15, 0.2) is 0 Å². The SMILES string of the molecule is Cc1cc2c3c(c1)N(c1ccc(C(C)(C)C)cc1-c1ccccc1)c1ccc4c(c1B3n1c3c(c5cccc-2c51)C(C)(C)c1ccccc1-3)-c1ccccc1C4(C)C. The molecule has 280 valence electrons. The number of fused-ring (bicyclic) bond motifs is 13. The summed E-state index contributed by atoms with van der Waals surface area (Å²) in [6.07, 6.45) is 0. The normalized spacial score (nSPS) is 15.8. The zero-order valence-electron chi connectivity index (χ0n) is 34.8. The molecule has 0 spiro atoms. The van der Waals surface area contributed by atoms with E-state index in [2.05, 4.69) is 204 Å². The van der Waals surface area contributed by atoms with Gasteiger partial charge in [0.1, 0.15) is 0 Å². The zero-order valence-corrected chi connectivity index (χ0v) is 34.8. The van der Waals surface area contributed by atoms with Crippen molar-refractivity contribution in [3.8, 4) is 44.6 Å². The number of benzene rings is 7. The molecule has 0 N–H and O–H groups in total. The molecule has 0 fully saturated rings. The molecule has 0 atom stereocenters. The Morgan fingerprint density at radius 3 is 1.95 bits per heavy atom. The fourth-order valence-corrected chi connectivity index (χ4v) is 11.7. The minimum atomic E-state index is -0.139. The molecule has 0 radical (unpaired) electrons. The summed E-state index contributed by atoms with van der Waals surface area (Å²) in [7, 11) is 0. The molecule has 0 amide bonds. The van der Waals surface area contributed by atoms with Gasteiger partial charge >= 0.3 is 6.85 Å². The van der Waals surface area contributed by atoms with Crippen molar-refractivity contribution in [3.05, 3.63) is 173 Å². The second-order valence-electron chi connectivity index (χ2n) is 19.4. The van der Waals surface area contributed by atoms with Crippen LogP contribution in [-0.2, 0) is 16.2 Å². The molecule has 8 aromatic rings. The summed E-state index contributed by atoms with van der Waals surface area (Å²) in [6.45, 7) is 18.9. The van der Waals surface area contributed by atoms with Crippen LogP contribution in [0.5, 0.6) is 0 Å². The number of hydrogen-bond donors (Lipinski definition) is 0. The Bertz CT molecular complexity index is 3120. The molecule has 1 aromatic heterocycles. The predicted octanol–water partition coefficient (Wildman–Crippen LogP) is 12.9. The fraction of sp³-hybridized carbons (Fsp3) is 0.200. The van der Waals surface area contributed by atoms with Crippen molar-refractivity contribution in [2.45, 2.75) is 71.6 Å². The van der Waals surface area contributed by atoms with E-state index in [1.807, 2.05) is 0 Å². The topological polar surface area (TPSA) is 8.17 Å². The predicted molar refractivity (Wildman–Crippen MR) is 246 cm³/mol. The molecule has 4 aliphatic rings. The Balaban J connectivity index is 1.28. The Kier molecular flexibility index (Phi) is 6.52. The molecule has 12 rings (SSSR count). The summed E-state index contributed by atoms with van der Waals surface area (Å²) in [5.41, 5.74) is 26.6. The molecule has 58 heavy (non-hydrogen) atoms. The third-order valence-corrected chi connectivity index (χ3v) is 14.3. The van der Waals surface area contributed by atoms with Crippen molar-refractivity contribution in [2.75, 3.05) is 4.90 Å². The van der Waals surface area contributed by atoms with Crippen LogP contribution in [0, 0.1) is 6.92 Å². The molecule has 3 heteroatoms. The van der Waals surface area contributed by atoms with Crippen molar-refractivity contribution in [3.63, 3.8) is 0 Å². The first-order chi connectivity index (χ1) is 27.9. The summed E-state index contributed by atoms with van der Waals surface area (Å²) in [5.74, 6) is 0. The maximum absolute atomic E-state index is 2.81. The van der Waals surface area contributed by atoms with E-state index in [1.54, 1.807) is 0 Å². The highest BCUT2D eigenvalue weighted by Gasteiger charge is 2.51. The molecule has 2 nitrogen and oxygen atoms in total. The summed E-state index contributed by atoms with van der Waals surface area (Å²) >= 11 is 0. The molecule has 0 saturated heterocycles. The van der Waals surface area contributed by atoms with Gasteiger partial charge in [0, 0.05) is 55.5 Å². The first-order valence-corrected chi connectivity index (χ1v) is 21.1. The number of rotatable bonds is 2. The zero-order chi connectivity index (χ0) is 39.6. The Morgan fingerprint density at radius 1 is 0.517 bits per heavy atom. The highest BCUT2D eigenvalue weighted by Crippen LogP contribution is 2.58. The average molecular weight is 747 g/mol. The maximum Gasteiger partial charge on any atom is 0.333 e. The van der Waals surface area contributed by atoms with E-state index in [0.717, 1.165) is 0 Å². The summed E-state index contributed by atoms with van der Waals surface area (Å²) in [5, 5.41) is 1.38. The van der Waals surface area contributed by atoms with E-state index in [1.165, 1.54) is 117 Å². The number of aryl methyl sites for hydroxylation is 1. The van der Waals surface area contributed by atoms with Crippen LogP contribution in [-0.4, -0.2) is 11.3 Å². The van der Waals surface area contributed by atoms with Crippen LogP contribution in [0.4, 0.5) is 17.1 Å². The minimum Gasteiger partial charge on any atom is -0.375 e. The highest BCUT2D eigenvalue weighted by atomic mass is 15.2. The second-order valence-corrected chi connectivity index (χ2v) is 19.4. The van der Waals surface area contributed by atoms with Crippen LogP contribution in [0.1, 0.15) is 81.8 Å². The maximum atomic E-state index is 2.81. The average Bonchev–Trinajstić information content (AvgIpc) is 3.78. The molecular weight excluding hydrogens is 699 g/mol. The Labute approximate surface area is 342 Å². The van der Waals surface area contributed by atoms with Crippen LogP contribution in [0.3, 0.4) is 0 Å². The fourth-order valence-electron chi connectivity index (χ4n) is 11.7. The van der Waals surface area contributed by atoms with Gasteiger partial charge in [-0.1, -0.05) is 164 Å². The standard InChI is InChI=1S/C55H47BN2/c1-32-29-40-35-21-16-22-38-48-52(37-20-13-15-24-42(37)55(48,7)8)58(51(35)38)56-49(40)46(30-32)57(44-27-25-34(53(2,3)4)31-39(44)33-17-10-9-11-18-33)45-28-26-43-47(50(45)56)36-19-12-14-23-41(36)54(43,5)6/h9-31H,1-8H3. The van der Waals surface area contributed by atoms with E-state index < -0.39 is 0 Å². The quantitative estimate of drug-likeness (QED) is 0.160. The van der Waals surface area contributed by atoms with Crippen LogP contribution < -0.4 is 15.8 Å². The molecule has 3 heterocycles. The molecule has 0 unspecified atom stereocenters. The second kappa shape index (κ2) is 11.1. The lowest BCUT2D eigenvalue weighted by atomic mass is 9.43. The van der Waals surface area contributed by atoms with Gasteiger partial charge in [0.2, 0.25) is 0 Å². The van der Waals surface area contributed by atoms with E-state index in [9.17, 15) is 0 Å². The monoisotopic (exact) mass is 746 g/mol. The van der Waals surface area contributed by atoms with Crippen molar-refractivity contribution in [1.29, 1.82) is 0 Å². The van der Waals surface area contributed by atoms with Gasteiger partial charge in [0.05, 0.1) is 5.69 Å². The van der Waals surface area contributed by atoms with Crippen molar-refractivity contribution >= 4 is 45.7 Å². The van der Waals surface area contributed by atoms with Gasteiger partial charge < -0.3 is 9.38 Å². The first-order valence-electron chi connectivity index (χ1n) is 21.1. The number of hydrogen-bond acceptors (Lipinski definition) is 1. The number of nitrogens with zero attached hydrogens (tertiary/aromatic N) is 2. The Hall–Kier alpha value is -6.06. The van der Waals surface area contributed by atoms with Crippen molar-refractivity contribution in [1.82, 2.24) is 4.48 Å².